The van der Waals surface area contributed by atoms with Gasteiger partial charge in [-0.15, -0.1) is 0 Å². The highest BCUT2D eigenvalue weighted by atomic mass is 32.1. The largest absolute Gasteiger partial charge is 0.306 e. The Hall–Kier alpha value is -1.46. The van der Waals surface area contributed by atoms with Gasteiger partial charge in [0.1, 0.15) is 5.82 Å². The van der Waals surface area contributed by atoms with E-state index >= 15 is 0 Å². The van der Waals surface area contributed by atoms with Gasteiger partial charge in [-0.1, -0.05) is 30.3 Å². The molecule has 1 saturated heterocycles. The van der Waals surface area contributed by atoms with E-state index in [1.54, 1.807) is 0 Å². The number of nitrogens with zero attached hydrogens (tertiary/aromatic N) is 3. The van der Waals surface area contributed by atoms with Gasteiger partial charge >= 0.3 is 0 Å². The van der Waals surface area contributed by atoms with Crippen LogP contribution in [0.25, 0.3) is 0 Å². The molecule has 1 fully saturated rings. The van der Waals surface area contributed by atoms with Gasteiger partial charge in [0, 0.05) is 13.6 Å². The van der Waals surface area contributed by atoms with Crippen LogP contribution >= 0.6 is 12.2 Å². The molecule has 0 saturated carbocycles. The lowest BCUT2D eigenvalue weighted by atomic mass is 10.1. The molecule has 3 rings (SSSR count). The number of nitrogens with one attached hydrogen (secondary N) is 1. The van der Waals surface area contributed by atoms with E-state index in [-0.39, 0.29) is 0 Å². The Kier molecular flexibility index (Phi) is 3.48. The highest BCUT2D eigenvalue weighted by molar-refractivity contribution is 7.71. The first-order valence-corrected chi connectivity index (χ1v) is 7.06. The third-order valence-corrected chi connectivity index (χ3v) is 4.17. The van der Waals surface area contributed by atoms with Crippen molar-refractivity contribution in [3.05, 3.63) is 46.5 Å². The first kappa shape index (κ1) is 12.6. The van der Waals surface area contributed by atoms with Gasteiger partial charge in [-0.3, -0.25) is 10.00 Å². The van der Waals surface area contributed by atoms with E-state index in [2.05, 4.69) is 45.4 Å². The van der Waals surface area contributed by atoms with Gasteiger partial charge in [0.2, 0.25) is 0 Å². The van der Waals surface area contributed by atoms with Gasteiger partial charge < -0.3 is 4.57 Å². The third kappa shape index (κ3) is 2.48. The van der Waals surface area contributed by atoms with Crippen molar-refractivity contribution in [3.63, 3.8) is 0 Å². The van der Waals surface area contributed by atoms with Gasteiger partial charge in [-0.2, -0.15) is 5.10 Å². The Morgan fingerprint density at radius 3 is 2.84 bits per heavy atom. The van der Waals surface area contributed by atoms with Gasteiger partial charge in [-0.05, 0) is 37.2 Å². The molecule has 2 heterocycles. The maximum absolute atomic E-state index is 5.20. The minimum absolute atomic E-state index is 0.373. The number of likely N-dealkylation sites (tertiary alicyclic amines) is 1. The molecule has 0 aliphatic carbocycles. The summed E-state index contributed by atoms with van der Waals surface area (Å²) in [5, 5.41) is 7.28. The molecule has 1 aliphatic heterocycles. The average molecular weight is 274 g/mol. The zero-order valence-corrected chi connectivity index (χ0v) is 11.9. The molecule has 0 unspecified atom stereocenters. The molecule has 1 aromatic heterocycles. The molecule has 0 amide bonds. The van der Waals surface area contributed by atoms with Crippen molar-refractivity contribution < 1.29 is 0 Å². The SMILES string of the molecule is Cn1c([C@@H]2CCCN2Cc2ccccc2)n[nH]c1=S. The minimum atomic E-state index is 0.373. The van der Waals surface area contributed by atoms with Crippen LogP contribution in [-0.4, -0.2) is 26.2 Å². The number of hydrogen-bond acceptors (Lipinski definition) is 3. The van der Waals surface area contributed by atoms with E-state index in [4.69, 9.17) is 12.2 Å². The monoisotopic (exact) mass is 274 g/mol. The summed E-state index contributed by atoms with van der Waals surface area (Å²) < 4.78 is 2.69. The van der Waals surface area contributed by atoms with Gasteiger partial charge in [0.05, 0.1) is 6.04 Å². The van der Waals surface area contributed by atoms with Crippen LogP contribution in [0, 0.1) is 4.77 Å². The molecular formula is C14H18N4S. The molecule has 100 valence electrons. The second-order valence-electron chi connectivity index (χ2n) is 5.06. The summed E-state index contributed by atoms with van der Waals surface area (Å²) in [5.74, 6) is 1.05. The summed E-state index contributed by atoms with van der Waals surface area (Å²) in [6, 6.07) is 11.0. The fourth-order valence-electron chi connectivity index (χ4n) is 2.78. The Bertz CT molecular complexity index is 601. The molecule has 1 N–H and O–H groups in total. The minimum Gasteiger partial charge on any atom is -0.306 e. The lowest BCUT2D eigenvalue weighted by molar-refractivity contribution is 0.236. The number of H-pyrrole nitrogens is 1. The van der Waals surface area contributed by atoms with E-state index in [0.29, 0.717) is 10.8 Å². The van der Waals surface area contributed by atoms with Gasteiger partial charge in [0.15, 0.2) is 4.77 Å². The third-order valence-electron chi connectivity index (χ3n) is 3.80. The van der Waals surface area contributed by atoms with Crippen molar-refractivity contribution in [1.29, 1.82) is 0 Å². The second-order valence-corrected chi connectivity index (χ2v) is 5.45. The summed E-state index contributed by atoms with van der Waals surface area (Å²) in [5.41, 5.74) is 1.35. The zero-order chi connectivity index (χ0) is 13.2. The van der Waals surface area contributed by atoms with Crippen LogP contribution in [0.3, 0.4) is 0 Å². The van der Waals surface area contributed by atoms with Crippen LogP contribution in [0.15, 0.2) is 30.3 Å². The first-order valence-electron chi connectivity index (χ1n) is 6.65. The van der Waals surface area contributed by atoms with Crippen molar-refractivity contribution in [2.45, 2.75) is 25.4 Å². The van der Waals surface area contributed by atoms with Crippen molar-refractivity contribution in [3.8, 4) is 0 Å². The molecule has 1 aliphatic rings. The Balaban J connectivity index is 1.82. The number of hydrogen-bond donors (Lipinski definition) is 1. The molecule has 1 atom stereocenters. The van der Waals surface area contributed by atoms with E-state index < -0.39 is 0 Å². The molecule has 1 aromatic carbocycles. The topological polar surface area (TPSA) is 36.9 Å². The van der Waals surface area contributed by atoms with E-state index in [0.717, 1.165) is 25.3 Å². The van der Waals surface area contributed by atoms with Gasteiger partial charge in [-0.25, -0.2) is 0 Å². The predicted molar refractivity (Wildman–Crippen MR) is 77.2 cm³/mol. The van der Waals surface area contributed by atoms with E-state index in [1.807, 2.05) is 11.6 Å². The molecule has 5 heteroatoms. The Labute approximate surface area is 118 Å². The van der Waals surface area contributed by atoms with Crippen molar-refractivity contribution >= 4 is 12.2 Å². The maximum atomic E-state index is 5.20. The lowest BCUT2D eigenvalue weighted by Gasteiger charge is -2.23. The van der Waals surface area contributed by atoms with Crippen molar-refractivity contribution in [2.75, 3.05) is 6.54 Å². The molecule has 0 spiro atoms. The normalized spacial score (nSPS) is 19.9. The van der Waals surface area contributed by atoms with Crippen molar-refractivity contribution in [1.82, 2.24) is 19.7 Å². The fourth-order valence-corrected chi connectivity index (χ4v) is 2.92. The maximum Gasteiger partial charge on any atom is 0.194 e. The summed E-state index contributed by atoms with van der Waals surface area (Å²) in [6.07, 6.45) is 2.37. The van der Waals surface area contributed by atoms with Crippen LogP contribution in [-0.2, 0) is 13.6 Å². The van der Waals surface area contributed by atoms with Crippen LogP contribution in [0.2, 0.25) is 0 Å². The van der Waals surface area contributed by atoms with Crippen LogP contribution in [0.5, 0.6) is 0 Å². The fraction of sp³-hybridized carbons (Fsp3) is 0.429. The first-order chi connectivity index (χ1) is 9.25. The quantitative estimate of drug-likeness (QED) is 0.874. The van der Waals surface area contributed by atoms with Crippen LogP contribution in [0.1, 0.15) is 30.3 Å². The number of aromatic nitrogens is 3. The number of benzene rings is 1. The summed E-state index contributed by atoms with van der Waals surface area (Å²) in [4.78, 5) is 2.49. The van der Waals surface area contributed by atoms with Crippen molar-refractivity contribution in [2.24, 2.45) is 7.05 Å². The Morgan fingerprint density at radius 1 is 1.37 bits per heavy atom. The Morgan fingerprint density at radius 2 is 2.16 bits per heavy atom. The highest BCUT2D eigenvalue weighted by Gasteiger charge is 2.29. The number of rotatable bonds is 3. The van der Waals surface area contributed by atoms with E-state index in [1.165, 1.54) is 12.0 Å². The molecule has 0 bridgehead atoms. The lowest BCUT2D eigenvalue weighted by Crippen LogP contribution is -2.24. The molecular weight excluding hydrogens is 256 g/mol. The molecule has 2 aromatic rings. The summed E-state index contributed by atoms with van der Waals surface area (Å²) in [7, 11) is 1.99. The molecule has 4 nitrogen and oxygen atoms in total. The standard InChI is InChI=1S/C14H18N4S/c1-17-13(15-16-14(17)19)12-8-5-9-18(12)10-11-6-3-2-4-7-11/h2-4,6-7,12H,5,8-10H2,1H3,(H,16,19)/t12-/m0/s1. The zero-order valence-electron chi connectivity index (χ0n) is 11.0. The highest BCUT2D eigenvalue weighted by Crippen LogP contribution is 2.31. The summed E-state index contributed by atoms with van der Waals surface area (Å²) >= 11 is 5.20. The smallest absolute Gasteiger partial charge is 0.194 e. The molecule has 0 radical (unpaired) electrons. The van der Waals surface area contributed by atoms with Gasteiger partial charge in [0.25, 0.3) is 0 Å². The van der Waals surface area contributed by atoms with Crippen LogP contribution in [0.4, 0.5) is 0 Å². The van der Waals surface area contributed by atoms with Crippen LogP contribution < -0.4 is 0 Å². The molecule has 19 heavy (non-hydrogen) atoms. The van der Waals surface area contributed by atoms with E-state index in [9.17, 15) is 0 Å². The second kappa shape index (κ2) is 5.27. The average Bonchev–Trinajstić information content (AvgIpc) is 2.99. The predicted octanol–water partition coefficient (Wildman–Crippen LogP) is 2.81. The number of aromatic amines is 1. The summed E-state index contributed by atoms with van der Waals surface area (Å²) in [6.45, 7) is 2.10.